The number of nitrogens with one attached hydrogen (secondary N) is 1. The molecule has 0 atom stereocenters. The van der Waals surface area contributed by atoms with E-state index >= 15 is 0 Å². The highest BCUT2D eigenvalue weighted by atomic mass is 32.2. The number of hydrogen-bond donors (Lipinski definition) is 1. The summed E-state index contributed by atoms with van der Waals surface area (Å²) in [4.78, 5) is 12.1. The highest BCUT2D eigenvalue weighted by molar-refractivity contribution is 8.19. The average molecular weight is 363 g/mol. The maximum Gasteiger partial charge on any atom is 0.262 e. The van der Waals surface area contributed by atoms with E-state index in [1.807, 2.05) is 47.8 Å². The summed E-state index contributed by atoms with van der Waals surface area (Å²) in [5, 5.41) is 2.76. The molecule has 1 aliphatic heterocycles. The van der Waals surface area contributed by atoms with Crippen molar-refractivity contribution < 1.29 is 13.9 Å². The van der Waals surface area contributed by atoms with Crippen LogP contribution in [0, 0.1) is 12.7 Å². The van der Waals surface area contributed by atoms with Gasteiger partial charge in [0, 0.05) is 22.8 Å². The van der Waals surface area contributed by atoms with Crippen LogP contribution in [0.25, 0.3) is 0 Å². The highest BCUT2D eigenvalue weighted by Crippen LogP contribution is 2.48. The SMILES string of the molecule is Cc1cc(F)ccc1NC(=O)COc1ccccc1C1SCCS1. The molecule has 0 aromatic heterocycles. The molecule has 0 radical (unpaired) electrons. The van der Waals surface area contributed by atoms with Crippen molar-refractivity contribution in [2.45, 2.75) is 11.5 Å². The zero-order valence-corrected chi connectivity index (χ0v) is 14.9. The van der Waals surface area contributed by atoms with E-state index in [9.17, 15) is 9.18 Å². The van der Waals surface area contributed by atoms with Crippen LogP contribution < -0.4 is 10.1 Å². The molecule has 1 amide bonds. The topological polar surface area (TPSA) is 38.3 Å². The number of benzene rings is 2. The first kappa shape index (κ1) is 17.2. The van der Waals surface area contributed by atoms with Crippen molar-refractivity contribution in [3.8, 4) is 5.75 Å². The molecule has 24 heavy (non-hydrogen) atoms. The minimum Gasteiger partial charge on any atom is -0.483 e. The monoisotopic (exact) mass is 363 g/mol. The lowest BCUT2D eigenvalue weighted by Crippen LogP contribution is -2.21. The van der Waals surface area contributed by atoms with Crippen LogP contribution in [0.4, 0.5) is 10.1 Å². The molecule has 2 aromatic rings. The summed E-state index contributed by atoms with van der Waals surface area (Å²) in [5.74, 6) is 2.44. The second-order valence-corrected chi connectivity index (χ2v) is 8.13. The molecule has 3 nitrogen and oxygen atoms in total. The Hall–Kier alpha value is -1.66. The van der Waals surface area contributed by atoms with Crippen molar-refractivity contribution in [2.75, 3.05) is 23.4 Å². The van der Waals surface area contributed by atoms with Gasteiger partial charge in [0.2, 0.25) is 0 Å². The molecule has 0 aliphatic carbocycles. The predicted octanol–water partition coefficient (Wildman–Crippen LogP) is 4.63. The summed E-state index contributed by atoms with van der Waals surface area (Å²) >= 11 is 3.79. The zero-order valence-electron chi connectivity index (χ0n) is 13.3. The molecule has 0 unspecified atom stereocenters. The summed E-state index contributed by atoms with van der Waals surface area (Å²) in [6.07, 6.45) is 0. The molecule has 2 aromatic carbocycles. The number of halogens is 1. The molecule has 6 heteroatoms. The van der Waals surface area contributed by atoms with Crippen LogP contribution in [-0.2, 0) is 4.79 Å². The smallest absolute Gasteiger partial charge is 0.262 e. The molecule has 1 fully saturated rings. The number of ether oxygens (including phenoxy) is 1. The Bertz CT molecular complexity index is 733. The van der Waals surface area contributed by atoms with Crippen LogP contribution >= 0.6 is 23.5 Å². The van der Waals surface area contributed by atoms with Gasteiger partial charge in [-0.25, -0.2) is 4.39 Å². The summed E-state index contributed by atoms with van der Waals surface area (Å²) in [6, 6.07) is 12.1. The summed E-state index contributed by atoms with van der Waals surface area (Å²) < 4.78 is 19.2. The summed E-state index contributed by atoms with van der Waals surface area (Å²) in [5.41, 5.74) is 2.40. The Morgan fingerprint density at radius 2 is 2.00 bits per heavy atom. The number of para-hydroxylation sites is 1. The molecule has 1 heterocycles. The number of aryl methyl sites for hydroxylation is 1. The molecule has 126 valence electrons. The molecular weight excluding hydrogens is 345 g/mol. The van der Waals surface area contributed by atoms with E-state index < -0.39 is 0 Å². The molecular formula is C18H18FNO2S2. The second kappa shape index (κ2) is 7.94. The van der Waals surface area contributed by atoms with Gasteiger partial charge >= 0.3 is 0 Å². The first-order valence-corrected chi connectivity index (χ1v) is 9.74. The van der Waals surface area contributed by atoms with Crippen LogP contribution in [-0.4, -0.2) is 24.0 Å². The van der Waals surface area contributed by atoms with Gasteiger partial charge in [0.1, 0.15) is 11.6 Å². The van der Waals surface area contributed by atoms with Gasteiger partial charge in [-0.2, -0.15) is 0 Å². The van der Waals surface area contributed by atoms with Crippen LogP contribution in [0.15, 0.2) is 42.5 Å². The Morgan fingerprint density at radius 1 is 1.25 bits per heavy atom. The molecule has 1 saturated heterocycles. The van der Waals surface area contributed by atoms with Crippen LogP contribution in [0.1, 0.15) is 15.7 Å². The molecule has 3 rings (SSSR count). The maximum absolute atomic E-state index is 13.1. The number of carbonyl (C=O) groups excluding carboxylic acids is 1. The molecule has 1 N–H and O–H groups in total. The first-order valence-electron chi connectivity index (χ1n) is 7.64. The predicted molar refractivity (Wildman–Crippen MR) is 99.4 cm³/mol. The molecule has 0 spiro atoms. The van der Waals surface area contributed by atoms with Gasteiger partial charge in [0.05, 0.1) is 4.58 Å². The quantitative estimate of drug-likeness (QED) is 0.840. The fourth-order valence-corrected chi connectivity index (χ4v) is 5.35. The Labute approximate surface area is 149 Å². The largest absolute Gasteiger partial charge is 0.483 e. The van der Waals surface area contributed by atoms with E-state index in [0.717, 1.165) is 22.8 Å². The zero-order chi connectivity index (χ0) is 16.9. The lowest BCUT2D eigenvalue weighted by Gasteiger charge is -2.15. The van der Waals surface area contributed by atoms with E-state index in [1.54, 1.807) is 13.0 Å². The minimum absolute atomic E-state index is 0.0735. The van der Waals surface area contributed by atoms with Gasteiger partial charge in [-0.05, 0) is 36.8 Å². The summed E-state index contributed by atoms with van der Waals surface area (Å²) in [7, 11) is 0. The summed E-state index contributed by atoms with van der Waals surface area (Å²) in [6.45, 7) is 1.68. The van der Waals surface area contributed by atoms with E-state index in [0.29, 0.717) is 15.8 Å². The van der Waals surface area contributed by atoms with Crippen molar-refractivity contribution >= 4 is 35.1 Å². The second-order valence-electron chi connectivity index (χ2n) is 5.41. The van der Waals surface area contributed by atoms with E-state index in [1.165, 1.54) is 12.1 Å². The van der Waals surface area contributed by atoms with Crippen molar-refractivity contribution in [3.63, 3.8) is 0 Å². The minimum atomic E-state index is -0.317. The van der Waals surface area contributed by atoms with E-state index in [-0.39, 0.29) is 18.3 Å². The number of carbonyl (C=O) groups is 1. The van der Waals surface area contributed by atoms with Gasteiger partial charge in [-0.15, -0.1) is 23.5 Å². The van der Waals surface area contributed by atoms with Gasteiger partial charge in [0.25, 0.3) is 5.91 Å². The fourth-order valence-electron chi connectivity index (χ4n) is 2.44. The highest BCUT2D eigenvalue weighted by Gasteiger charge is 2.21. The van der Waals surface area contributed by atoms with Crippen molar-refractivity contribution in [2.24, 2.45) is 0 Å². The number of hydrogen-bond acceptors (Lipinski definition) is 4. The van der Waals surface area contributed by atoms with Gasteiger partial charge in [-0.3, -0.25) is 4.79 Å². The lowest BCUT2D eigenvalue weighted by atomic mass is 10.2. The van der Waals surface area contributed by atoms with Crippen molar-refractivity contribution in [3.05, 3.63) is 59.4 Å². The van der Waals surface area contributed by atoms with Gasteiger partial charge < -0.3 is 10.1 Å². The molecule has 0 bridgehead atoms. The lowest BCUT2D eigenvalue weighted by molar-refractivity contribution is -0.118. The third-order valence-electron chi connectivity index (χ3n) is 3.62. The van der Waals surface area contributed by atoms with Crippen molar-refractivity contribution in [1.29, 1.82) is 0 Å². The standard InChI is InChI=1S/C18H18FNO2S2/c1-12-10-13(19)6-7-15(12)20-17(21)11-22-16-5-3-2-4-14(16)18-23-8-9-24-18/h2-7,10,18H,8-9,11H2,1H3,(H,20,21). The number of anilines is 1. The fraction of sp³-hybridized carbons (Fsp3) is 0.278. The van der Waals surface area contributed by atoms with Gasteiger partial charge in [-0.1, -0.05) is 18.2 Å². The Morgan fingerprint density at radius 3 is 2.75 bits per heavy atom. The van der Waals surface area contributed by atoms with Gasteiger partial charge in [0.15, 0.2) is 6.61 Å². The van der Waals surface area contributed by atoms with Crippen LogP contribution in [0.2, 0.25) is 0 Å². The third-order valence-corrected chi connectivity index (χ3v) is 6.68. The maximum atomic E-state index is 13.1. The number of amides is 1. The normalized spacial score (nSPS) is 14.6. The van der Waals surface area contributed by atoms with E-state index in [4.69, 9.17) is 4.74 Å². The number of rotatable bonds is 5. The first-order chi connectivity index (χ1) is 11.6. The number of thioether (sulfide) groups is 2. The molecule has 0 saturated carbocycles. The van der Waals surface area contributed by atoms with Crippen molar-refractivity contribution in [1.82, 2.24) is 0 Å². The Balaban J connectivity index is 1.62. The third kappa shape index (κ3) is 4.24. The van der Waals surface area contributed by atoms with E-state index in [2.05, 4.69) is 5.32 Å². The molecule has 1 aliphatic rings. The van der Waals surface area contributed by atoms with Crippen LogP contribution in [0.5, 0.6) is 5.75 Å². The average Bonchev–Trinajstić information content (AvgIpc) is 3.10. The Kier molecular flexibility index (Phi) is 5.68. The van der Waals surface area contributed by atoms with Crippen LogP contribution in [0.3, 0.4) is 0 Å².